The second kappa shape index (κ2) is 2.22. The molecule has 0 atom stereocenters. The minimum absolute atomic E-state index is 0.857. The van der Waals surface area contributed by atoms with E-state index in [0.717, 1.165) is 18.2 Å². The quantitative estimate of drug-likeness (QED) is 0.317. The lowest BCUT2D eigenvalue weighted by Gasteiger charge is -1.87. The van der Waals surface area contributed by atoms with E-state index >= 15 is 0 Å². The summed E-state index contributed by atoms with van der Waals surface area (Å²) in [6.45, 7) is 0.857. The third kappa shape index (κ3) is 0.799. The number of rotatable bonds is 0. The third-order valence-electron chi connectivity index (χ3n) is 2.40. The van der Waals surface area contributed by atoms with Crippen molar-refractivity contribution in [3.8, 4) is 11.5 Å². The van der Waals surface area contributed by atoms with Gasteiger partial charge in [-0.1, -0.05) is 0 Å². The molecule has 0 amide bonds. The van der Waals surface area contributed by atoms with Crippen LogP contribution in [-0.2, 0) is 6.67 Å². The minimum Gasteiger partial charge on any atom is -0.294 e. The Balaban J connectivity index is 2.35. The molecule has 1 aliphatic rings. The van der Waals surface area contributed by atoms with Crippen LogP contribution in [0.2, 0.25) is 0 Å². The van der Waals surface area contributed by atoms with Crippen molar-refractivity contribution in [3.05, 3.63) is 36.8 Å². The van der Waals surface area contributed by atoms with Crippen molar-refractivity contribution in [1.82, 2.24) is 4.57 Å². The van der Waals surface area contributed by atoms with Crippen LogP contribution in [0, 0.1) is 0 Å². The number of hydrogen-bond donors (Lipinski definition) is 0. The lowest BCUT2D eigenvalue weighted by atomic mass is 10.3. The molecule has 3 nitrogen and oxygen atoms in total. The summed E-state index contributed by atoms with van der Waals surface area (Å²) in [5.74, 6) is 1.06. The molecule has 0 unspecified atom stereocenters. The molecule has 2 radical (unpaired) electrons. The number of pyridine rings is 1. The molecule has 1 aliphatic heterocycles. The largest absolute Gasteiger partial charge is 0.409 e. The van der Waals surface area contributed by atoms with E-state index in [4.69, 9.17) is 7.98 Å². The van der Waals surface area contributed by atoms with E-state index in [1.807, 2.05) is 24.5 Å². The van der Waals surface area contributed by atoms with E-state index in [1.165, 1.54) is 0 Å². The van der Waals surface area contributed by atoms with Gasteiger partial charge in [0, 0.05) is 12.1 Å². The molecule has 4 heteroatoms. The molecule has 0 bridgehead atoms. The van der Waals surface area contributed by atoms with E-state index in [-0.39, 0.29) is 0 Å². The minimum atomic E-state index is 0.857. The van der Waals surface area contributed by atoms with Gasteiger partial charge < -0.3 is 0 Å². The molecule has 60 valence electrons. The fourth-order valence-corrected chi connectivity index (χ4v) is 1.80. The van der Waals surface area contributed by atoms with Gasteiger partial charge in [0.15, 0.2) is 6.20 Å². The molecule has 0 saturated heterocycles. The zero-order chi connectivity index (χ0) is 8.84. The van der Waals surface area contributed by atoms with Gasteiger partial charge >= 0.3 is 13.8 Å². The van der Waals surface area contributed by atoms with Gasteiger partial charge in [-0.25, -0.2) is 0 Å². The summed E-state index contributed by atoms with van der Waals surface area (Å²) >= 11 is 0. The lowest BCUT2D eigenvalue weighted by molar-refractivity contribution is -0.684. The highest BCUT2D eigenvalue weighted by Crippen LogP contribution is 2.14. The Morgan fingerprint density at radius 2 is 2.23 bits per heavy atom. The highest BCUT2D eigenvalue weighted by Gasteiger charge is 2.33. The van der Waals surface area contributed by atoms with Gasteiger partial charge in [0.25, 0.3) is 12.4 Å². The normalized spacial score (nSPS) is 12.6. The van der Waals surface area contributed by atoms with Crippen molar-refractivity contribution in [3.63, 3.8) is 0 Å². The molecule has 0 spiro atoms. The van der Waals surface area contributed by atoms with Gasteiger partial charge in [-0.2, -0.15) is 9.13 Å². The van der Waals surface area contributed by atoms with Crippen molar-refractivity contribution in [2.24, 2.45) is 0 Å². The lowest BCUT2D eigenvalue weighted by Crippen LogP contribution is -2.35. The zero-order valence-corrected chi connectivity index (χ0v) is 7.09. The average molecular weight is 169 g/mol. The van der Waals surface area contributed by atoms with Crippen LogP contribution in [0.25, 0.3) is 11.5 Å². The molecule has 0 N–H and O–H groups in total. The van der Waals surface area contributed by atoms with Crippen molar-refractivity contribution in [2.45, 2.75) is 6.67 Å². The maximum atomic E-state index is 5.79. The molecule has 2 aromatic heterocycles. The van der Waals surface area contributed by atoms with Gasteiger partial charge in [0.05, 0.1) is 0 Å². The zero-order valence-electron chi connectivity index (χ0n) is 7.09. The van der Waals surface area contributed by atoms with Gasteiger partial charge in [-0.15, -0.1) is 0 Å². The Hall–Kier alpha value is -1.58. The van der Waals surface area contributed by atoms with E-state index < -0.39 is 0 Å². The molecule has 3 heterocycles. The van der Waals surface area contributed by atoms with Crippen LogP contribution in [-0.4, -0.2) is 12.5 Å². The first-order valence-corrected chi connectivity index (χ1v) is 4.21. The SMILES string of the molecule is [B][n+]1ccn2c1-c1cccc[n+]1C2. The smallest absolute Gasteiger partial charge is 0.294 e. The molecule has 0 fully saturated rings. The van der Waals surface area contributed by atoms with Gasteiger partial charge in [0.1, 0.15) is 12.4 Å². The van der Waals surface area contributed by atoms with Crippen LogP contribution in [0.15, 0.2) is 36.8 Å². The molecular weight excluding hydrogens is 161 g/mol. The summed E-state index contributed by atoms with van der Waals surface area (Å²) in [5, 5.41) is 0. The van der Waals surface area contributed by atoms with E-state index in [2.05, 4.69) is 21.4 Å². The molecule has 0 saturated carbocycles. The first-order chi connectivity index (χ1) is 6.36. The first-order valence-electron chi connectivity index (χ1n) is 4.21. The highest BCUT2D eigenvalue weighted by atomic mass is 15.3. The highest BCUT2D eigenvalue weighted by molar-refractivity contribution is 5.95. The fraction of sp³-hybridized carbons (Fsp3) is 0.111. The van der Waals surface area contributed by atoms with Crippen molar-refractivity contribution in [2.75, 3.05) is 0 Å². The summed E-state index contributed by atoms with van der Waals surface area (Å²) in [7, 11) is 5.79. The van der Waals surface area contributed by atoms with Gasteiger partial charge in [0.2, 0.25) is 0 Å². The summed E-state index contributed by atoms with van der Waals surface area (Å²) in [5.41, 5.74) is 1.16. The number of imidazole rings is 1. The summed E-state index contributed by atoms with van der Waals surface area (Å²) in [4.78, 5) is 0. The molecule has 13 heavy (non-hydrogen) atoms. The first kappa shape index (κ1) is 6.89. The van der Waals surface area contributed by atoms with E-state index in [0.29, 0.717) is 0 Å². The second-order valence-electron chi connectivity index (χ2n) is 3.20. The standard InChI is InChI=1S/C9H8BN3/c10-13-6-5-12-7-11-4-2-1-3-8(11)9(12)13/h1-6H,7H2/q+2. The maximum absolute atomic E-state index is 5.79. The van der Waals surface area contributed by atoms with Crippen LogP contribution < -0.4 is 9.05 Å². The summed E-state index contributed by atoms with van der Waals surface area (Å²) < 4.78 is 5.94. The van der Waals surface area contributed by atoms with Crippen LogP contribution in [0.3, 0.4) is 0 Å². The summed E-state index contributed by atoms with van der Waals surface area (Å²) in [6, 6.07) is 6.12. The number of hydrogen-bond acceptors (Lipinski definition) is 0. The third-order valence-corrected chi connectivity index (χ3v) is 2.40. The Bertz CT molecular complexity index is 475. The van der Waals surface area contributed by atoms with Crippen molar-refractivity contribution >= 4 is 7.98 Å². The molecular formula is C9H8BN3+2. The predicted molar refractivity (Wildman–Crippen MR) is 46.8 cm³/mol. The maximum Gasteiger partial charge on any atom is 0.409 e. The topological polar surface area (TPSA) is 12.7 Å². The van der Waals surface area contributed by atoms with E-state index in [1.54, 1.807) is 4.48 Å². The average Bonchev–Trinajstić information content (AvgIpc) is 2.66. The van der Waals surface area contributed by atoms with Crippen molar-refractivity contribution < 1.29 is 9.05 Å². The van der Waals surface area contributed by atoms with E-state index in [9.17, 15) is 0 Å². The Morgan fingerprint density at radius 1 is 1.31 bits per heavy atom. The number of nitrogens with zero attached hydrogens (tertiary/aromatic N) is 3. The van der Waals surface area contributed by atoms with Gasteiger partial charge in [-0.05, 0) is 6.07 Å². The van der Waals surface area contributed by atoms with Crippen LogP contribution in [0.4, 0.5) is 0 Å². The molecule has 3 rings (SSSR count). The Morgan fingerprint density at radius 3 is 3.15 bits per heavy atom. The number of fused-ring (bicyclic) bond motifs is 3. The van der Waals surface area contributed by atoms with Gasteiger partial charge in [-0.3, -0.25) is 4.48 Å². The van der Waals surface area contributed by atoms with Crippen LogP contribution in [0.5, 0.6) is 0 Å². The fourth-order valence-electron chi connectivity index (χ4n) is 1.80. The molecule has 0 aromatic carbocycles. The van der Waals surface area contributed by atoms with Crippen LogP contribution >= 0.6 is 0 Å². The summed E-state index contributed by atoms with van der Waals surface area (Å²) in [6.07, 6.45) is 5.91. The Kier molecular flexibility index (Phi) is 1.18. The molecule has 0 aliphatic carbocycles. The second-order valence-corrected chi connectivity index (χ2v) is 3.20. The van der Waals surface area contributed by atoms with Crippen molar-refractivity contribution in [1.29, 1.82) is 0 Å². The Labute approximate surface area is 77.3 Å². The predicted octanol–water partition coefficient (Wildman–Crippen LogP) is -0.519. The monoisotopic (exact) mass is 169 g/mol. The molecule has 2 aromatic rings. The number of aromatic nitrogens is 3. The van der Waals surface area contributed by atoms with Crippen LogP contribution in [0.1, 0.15) is 0 Å².